The second-order valence-corrected chi connectivity index (χ2v) is 6.90. The SMILES string of the molecule is CN1C(=S)NC2c3ccccc3O[C@@]1(C)C2C(=O)Nc1ccccc1. The lowest BCUT2D eigenvalue weighted by molar-refractivity contribution is -0.146. The molecule has 2 bridgehead atoms. The minimum Gasteiger partial charge on any atom is -0.467 e. The molecule has 1 amide bonds. The number of carbonyl (C=O) groups excluding carboxylic acids is 1. The number of hydrogen-bond donors (Lipinski definition) is 2. The van der Waals surface area contributed by atoms with Crippen LogP contribution < -0.4 is 15.4 Å². The van der Waals surface area contributed by atoms with Gasteiger partial charge in [0.25, 0.3) is 0 Å². The Balaban J connectivity index is 1.76. The molecular formula is C19H19N3O2S. The van der Waals surface area contributed by atoms with E-state index in [9.17, 15) is 4.79 Å². The Morgan fingerprint density at radius 2 is 1.88 bits per heavy atom. The molecule has 25 heavy (non-hydrogen) atoms. The Morgan fingerprint density at radius 1 is 1.20 bits per heavy atom. The quantitative estimate of drug-likeness (QED) is 0.813. The van der Waals surface area contributed by atoms with Gasteiger partial charge in [0.2, 0.25) is 5.91 Å². The normalized spacial score (nSPS) is 27.0. The number of fused-ring (bicyclic) bond motifs is 4. The summed E-state index contributed by atoms with van der Waals surface area (Å²) in [4.78, 5) is 15.0. The fourth-order valence-electron chi connectivity index (χ4n) is 3.61. The van der Waals surface area contributed by atoms with Crippen LogP contribution in [0.25, 0.3) is 0 Å². The molecule has 0 radical (unpaired) electrons. The Labute approximate surface area is 152 Å². The molecule has 4 rings (SSSR count). The summed E-state index contributed by atoms with van der Waals surface area (Å²) >= 11 is 5.46. The molecule has 2 aliphatic rings. The molecule has 2 aromatic rings. The van der Waals surface area contributed by atoms with E-state index in [0.29, 0.717) is 5.11 Å². The number of para-hydroxylation sites is 2. The summed E-state index contributed by atoms with van der Waals surface area (Å²) in [6, 6.07) is 17.0. The molecular weight excluding hydrogens is 334 g/mol. The van der Waals surface area contributed by atoms with Crippen molar-refractivity contribution in [1.82, 2.24) is 10.2 Å². The average Bonchev–Trinajstić information content (AvgIpc) is 2.60. The van der Waals surface area contributed by atoms with Crippen molar-refractivity contribution >= 4 is 28.9 Å². The first-order valence-corrected chi connectivity index (χ1v) is 8.60. The summed E-state index contributed by atoms with van der Waals surface area (Å²) in [5, 5.41) is 6.89. The number of nitrogens with zero attached hydrogens (tertiary/aromatic N) is 1. The number of amides is 1. The maximum atomic E-state index is 13.1. The van der Waals surface area contributed by atoms with E-state index in [1.807, 2.05) is 73.5 Å². The van der Waals surface area contributed by atoms with Gasteiger partial charge in [-0.05, 0) is 37.3 Å². The molecule has 2 aliphatic heterocycles. The van der Waals surface area contributed by atoms with Gasteiger partial charge < -0.3 is 20.3 Å². The zero-order valence-corrected chi connectivity index (χ0v) is 14.8. The number of thiocarbonyl (C=S) groups is 1. The second-order valence-electron chi connectivity index (χ2n) is 6.51. The first kappa shape index (κ1) is 15.9. The van der Waals surface area contributed by atoms with Gasteiger partial charge in [-0.2, -0.15) is 0 Å². The van der Waals surface area contributed by atoms with Crippen LogP contribution in [0.2, 0.25) is 0 Å². The Kier molecular flexibility index (Phi) is 3.65. The van der Waals surface area contributed by atoms with E-state index in [1.165, 1.54) is 0 Å². The zero-order valence-electron chi connectivity index (χ0n) is 14.0. The number of carbonyl (C=O) groups is 1. The molecule has 128 valence electrons. The topological polar surface area (TPSA) is 53.6 Å². The monoisotopic (exact) mass is 353 g/mol. The highest BCUT2D eigenvalue weighted by atomic mass is 32.1. The fourth-order valence-corrected chi connectivity index (χ4v) is 3.92. The molecule has 2 unspecified atom stereocenters. The number of hydrogen-bond acceptors (Lipinski definition) is 3. The van der Waals surface area contributed by atoms with Gasteiger partial charge in [0, 0.05) is 18.3 Å². The summed E-state index contributed by atoms with van der Waals surface area (Å²) in [6.07, 6.45) is 0. The van der Waals surface area contributed by atoms with Gasteiger partial charge in [0.1, 0.15) is 11.7 Å². The van der Waals surface area contributed by atoms with Crippen molar-refractivity contribution in [2.24, 2.45) is 5.92 Å². The number of anilines is 1. The lowest BCUT2D eigenvalue weighted by Crippen LogP contribution is -2.70. The van der Waals surface area contributed by atoms with E-state index in [1.54, 1.807) is 0 Å². The van der Waals surface area contributed by atoms with E-state index < -0.39 is 11.6 Å². The fraction of sp³-hybridized carbons (Fsp3) is 0.263. The lowest BCUT2D eigenvalue weighted by Gasteiger charge is -2.54. The summed E-state index contributed by atoms with van der Waals surface area (Å²) in [6.45, 7) is 1.92. The first-order valence-electron chi connectivity index (χ1n) is 8.19. The molecule has 0 aliphatic carbocycles. The third-order valence-electron chi connectivity index (χ3n) is 5.05. The molecule has 1 saturated heterocycles. The minimum atomic E-state index is -0.861. The van der Waals surface area contributed by atoms with Gasteiger partial charge in [-0.3, -0.25) is 4.79 Å². The number of ether oxygens (including phenoxy) is 1. The van der Waals surface area contributed by atoms with E-state index in [4.69, 9.17) is 17.0 Å². The smallest absolute Gasteiger partial charge is 0.236 e. The van der Waals surface area contributed by atoms with Crippen molar-refractivity contribution in [2.45, 2.75) is 18.7 Å². The highest BCUT2D eigenvalue weighted by molar-refractivity contribution is 7.80. The number of nitrogens with one attached hydrogen (secondary N) is 2. The third kappa shape index (κ3) is 2.44. The van der Waals surface area contributed by atoms with Crippen LogP contribution in [-0.4, -0.2) is 28.7 Å². The Bertz CT molecular complexity index is 842. The standard InChI is InChI=1S/C19H19N3O2S/c1-19-15(17(23)20-12-8-4-3-5-9-12)16(21-18(25)22(19)2)13-10-6-7-11-14(13)24-19/h3-11,15-16H,1-2H3,(H,20,23)(H,21,25)/t15?,16?,19-/m0/s1. The van der Waals surface area contributed by atoms with Crippen molar-refractivity contribution in [1.29, 1.82) is 0 Å². The van der Waals surface area contributed by atoms with Gasteiger partial charge in [0.05, 0.1) is 6.04 Å². The van der Waals surface area contributed by atoms with Gasteiger partial charge in [-0.1, -0.05) is 36.4 Å². The average molecular weight is 353 g/mol. The molecule has 0 saturated carbocycles. The van der Waals surface area contributed by atoms with E-state index in [-0.39, 0.29) is 11.9 Å². The molecule has 6 heteroatoms. The van der Waals surface area contributed by atoms with Crippen LogP contribution >= 0.6 is 12.2 Å². The van der Waals surface area contributed by atoms with E-state index in [0.717, 1.165) is 17.0 Å². The Hall–Kier alpha value is -2.60. The van der Waals surface area contributed by atoms with Crippen molar-refractivity contribution in [2.75, 3.05) is 12.4 Å². The van der Waals surface area contributed by atoms with Crippen LogP contribution in [0.15, 0.2) is 54.6 Å². The Morgan fingerprint density at radius 3 is 2.64 bits per heavy atom. The molecule has 1 fully saturated rings. The molecule has 5 nitrogen and oxygen atoms in total. The maximum Gasteiger partial charge on any atom is 0.236 e. The van der Waals surface area contributed by atoms with Crippen LogP contribution in [0.1, 0.15) is 18.5 Å². The molecule has 3 atom stereocenters. The second kappa shape index (κ2) is 5.74. The summed E-state index contributed by atoms with van der Waals surface area (Å²) in [7, 11) is 1.85. The van der Waals surface area contributed by atoms with Crippen LogP contribution in [-0.2, 0) is 4.79 Å². The van der Waals surface area contributed by atoms with Crippen LogP contribution in [0.3, 0.4) is 0 Å². The molecule has 2 heterocycles. The van der Waals surface area contributed by atoms with Gasteiger partial charge >= 0.3 is 0 Å². The van der Waals surface area contributed by atoms with Crippen LogP contribution in [0, 0.1) is 5.92 Å². The first-order chi connectivity index (χ1) is 12.0. The highest BCUT2D eigenvalue weighted by Crippen LogP contribution is 2.47. The summed E-state index contributed by atoms with van der Waals surface area (Å²) in [5.41, 5.74) is 0.849. The minimum absolute atomic E-state index is 0.102. The number of rotatable bonds is 2. The van der Waals surface area contributed by atoms with E-state index in [2.05, 4.69) is 10.6 Å². The van der Waals surface area contributed by atoms with Crippen molar-refractivity contribution in [3.05, 3.63) is 60.2 Å². The summed E-state index contributed by atoms with van der Waals surface area (Å²) < 4.78 is 6.28. The maximum absolute atomic E-state index is 13.1. The predicted molar refractivity (Wildman–Crippen MR) is 100 cm³/mol. The molecule has 0 aromatic heterocycles. The molecule has 0 spiro atoms. The predicted octanol–water partition coefficient (Wildman–Crippen LogP) is 2.91. The van der Waals surface area contributed by atoms with E-state index >= 15 is 0 Å². The number of benzene rings is 2. The highest BCUT2D eigenvalue weighted by Gasteiger charge is 2.57. The van der Waals surface area contributed by atoms with Crippen molar-refractivity contribution in [3.8, 4) is 5.75 Å². The summed E-state index contributed by atoms with van der Waals surface area (Å²) in [5.74, 6) is 0.218. The van der Waals surface area contributed by atoms with Crippen LogP contribution in [0.5, 0.6) is 5.75 Å². The van der Waals surface area contributed by atoms with Gasteiger partial charge in [0.15, 0.2) is 10.8 Å². The zero-order chi connectivity index (χ0) is 17.6. The third-order valence-corrected chi connectivity index (χ3v) is 5.45. The van der Waals surface area contributed by atoms with Gasteiger partial charge in [-0.15, -0.1) is 0 Å². The van der Waals surface area contributed by atoms with Crippen LogP contribution in [0.4, 0.5) is 5.69 Å². The largest absolute Gasteiger partial charge is 0.467 e. The van der Waals surface area contributed by atoms with Crippen molar-refractivity contribution in [3.63, 3.8) is 0 Å². The molecule has 2 aromatic carbocycles. The van der Waals surface area contributed by atoms with Gasteiger partial charge in [-0.25, -0.2) is 0 Å². The molecule has 2 N–H and O–H groups in total. The lowest BCUT2D eigenvalue weighted by atomic mass is 9.79. The van der Waals surface area contributed by atoms with Crippen molar-refractivity contribution < 1.29 is 9.53 Å².